The van der Waals surface area contributed by atoms with Gasteiger partial charge in [-0.05, 0) is 11.6 Å². The van der Waals surface area contributed by atoms with Crippen LogP contribution in [0.4, 0.5) is 0 Å². The van der Waals surface area contributed by atoms with Crippen LogP contribution >= 0.6 is 0 Å². The van der Waals surface area contributed by atoms with E-state index in [1.165, 1.54) is 27.2 Å². The number of benzene rings is 2. The Morgan fingerprint density at radius 3 is 2.76 bits per heavy atom. The lowest BCUT2D eigenvalue weighted by molar-refractivity contribution is 1.42. The molecular formula is C15H11NSi. The topological polar surface area (TPSA) is 12.9 Å². The van der Waals surface area contributed by atoms with E-state index in [4.69, 9.17) is 0 Å². The van der Waals surface area contributed by atoms with Crippen molar-refractivity contribution in [1.29, 1.82) is 0 Å². The molecule has 0 saturated heterocycles. The summed E-state index contributed by atoms with van der Waals surface area (Å²) in [5, 5.41) is 4.34. The maximum absolute atomic E-state index is 4.57. The minimum atomic E-state index is -0.288. The van der Waals surface area contributed by atoms with E-state index in [0.717, 1.165) is 0 Å². The zero-order valence-electron chi connectivity index (χ0n) is 9.35. The van der Waals surface area contributed by atoms with Gasteiger partial charge < -0.3 is 0 Å². The maximum atomic E-state index is 4.57. The molecule has 0 bridgehead atoms. The molecule has 0 spiro atoms. The Balaban J connectivity index is 2.17. The van der Waals surface area contributed by atoms with Crippen LogP contribution in [0.2, 0.25) is 0 Å². The number of fused-ring (bicyclic) bond motifs is 5. The van der Waals surface area contributed by atoms with Crippen molar-refractivity contribution in [2.45, 2.75) is 0 Å². The van der Waals surface area contributed by atoms with Gasteiger partial charge in [-0.2, -0.15) is 0 Å². The molecule has 0 unspecified atom stereocenters. The first-order chi connectivity index (χ1) is 8.43. The third kappa shape index (κ3) is 1.21. The average molecular weight is 233 g/mol. The highest BCUT2D eigenvalue weighted by atomic mass is 28.2. The fourth-order valence-electron chi connectivity index (χ4n) is 2.76. The third-order valence-corrected chi connectivity index (χ3v) is 5.50. The van der Waals surface area contributed by atoms with E-state index in [1.54, 1.807) is 5.19 Å². The first-order valence-electron chi connectivity index (χ1n) is 5.88. The van der Waals surface area contributed by atoms with Crippen molar-refractivity contribution in [3.8, 4) is 11.1 Å². The fourth-order valence-corrected chi connectivity index (χ4v) is 4.68. The standard InChI is InChI=1S/C15H11NSi/c1-2-6-12-11(5-1)14-13(17-12)8-7-10-4-3-9-16-15(10)14/h1-9H,17H2. The second-order valence-electron chi connectivity index (χ2n) is 4.51. The van der Waals surface area contributed by atoms with E-state index in [9.17, 15) is 0 Å². The number of hydrogen-bond acceptors (Lipinski definition) is 1. The van der Waals surface area contributed by atoms with Crippen LogP contribution in [0.3, 0.4) is 0 Å². The van der Waals surface area contributed by atoms with Crippen molar-refractivity contribution in [1.82, 2.24) is 4.98 Å². The van der Waals surface area contributed by atoms with Gasteiger partial charge in [-0.3, -0.25) is 4.98 Å². The molecule has 3 aromatic rings. The Kier molecular flexibility index (Phi) is 1.76. The van der Waals surface area contributed by atoms with Crippen LogP contribution in [0.5, 0.6) is 0 Å². The lowest BCUT2D eigenvalue weighted by Gasteiger charge is -2.05. The second kappa shape index (κ2) is 3.28. The van der Waals surface area contributed by atoms with Crippen molar-refractivity contribution in [2.75, 3.05) is 0 Å². The summed E-state index contributed by atoms with van der Waals surface area (Å²) in [6.07, 6.45) is 1.89. The summed E-state index contributed by atoms with van der Waals surface area (Å²) in [6.45, 7) is 0. The SMILES string of the molecule is c1ccc2c(c1)[SiH2]c1ccc3cccnc3c1-2. The molecule has 2 aromatic carbocycles. The first kappa shape index (κ1) is 9.13. The molecule has 1 aromatic heterocycles. The molecule has 1 nitrogen and oxygen atoms in total. The molecule has 0 saturated carbocycles. The van der Waals surface area contributed by atoms with Gasteiger partial charge in [0.15, 0.2) is 0 Å². The molecule has 1 aliphatic rings. The zero-order valence-corrected chi connectivity index (χ0v) is 10.8. The van der Waals surface area contributed by atoms with Gasteiger partial charge in [0.1, 0.15) is 0 Å². The van der Waals surface area contributed by atoms with Gasteiger partial charge in [-0.15, -0.1) is 0 Å². The lowest BCUT2D eigenvalue weighted by atomic mass is 10.0. The van der Waals surface area contributed by atoms with Gasteiger partial charge >= 0.3 is 0 Å². The lowest BCUT2D eigenvalue weighted by Crippen LogP contribution is -2.20. The number of hydrogen-bond donors (Lipinski definition) is 0. The zero-order chi connectivity index (χ0) is 11.2. The fraction of sp³-hybridized carbons (Fsp3) is 0. The predicted octanol–water partition coefficient (Wildman–Crippen LogP) is 1.33. The molecule has 0 atom stereocenters. The van der Waals surface area contributed by atoms with Crippen molar-refractivity contribution in [3.63, 3.8) is 0 Å². The van der Waals surface area contributed by atoms with Crippen LogP contribution in [0, 0.1) is 0 Å². The van der Waals surface area contributed by atoms with E-state index in [1.807, 2.05) is 12.3 Å². The molecule has 0 radical (unpaired) electrons. The van der Waals surface area contributed by atoms with Crippen LogP contribution in [0.25, 0.3) is 22.0 Å². The van der Waals surface area contributed by atoms with Crippen molar-refractivity contribution < 1.29 is 0 Å². The second-order valence-corrected chi connectivity index (χ2v) is 6.39. The summed E-state index contributed by atoms with van der Waals surface area (Å²) in [4.78, 5) is 4.57. The average Bonchev–Trinajstić information content (AvgIpc) is 2.77. The molecular weight excluding hydrogens is 222 g/mol. The summed E-state index contributed by atoms with van der Waals surface area (Å²) in [5.41, 5.74) is 3.98. The quantitative estimate of drug-likeness (QED) is 0.418. The van der Waals surface area contributed by atoms with Crippen LogP contribution < -0.4 is 10.4 Å². The number of aromatic nitrogens is 1. The minimum Gasteiger partial charge on any atom is -0.256 e. The summed E-state index contributed by atoms with van der Waals surface area (Å²) in [5.74, 6) is 0. The largest absolute Gasteiger partial charge is 0.256 e. The monoisotopic (exact) mass is 233 g/mol. The van der Waals surface area contributed by atoms with Crippen molar-refractivity contribution in [2.24, 2.45) is 0 Å². The van der Waals surface area contributed by atoms with Crippen LogP contribution in [0.15, 0.2) is 54.7 Å². The molecule has 2 heterocycles. The van der Waals surface area contributed by atoms with Crippen LogP contribution in [0.1, 0.15) is 0 Å². The maximum Gasteiger partial charge on any atom is 0.0892 e. The molecule has 0 aliphatic carbocycles. The van der Waals surface area contributed by atoms with Crippen molar-refractivity contribution in [3.05, 3.63) is 54.7 Å². The summed E-state index contributed by atoms with van der Waals surface area (Å²) in [6, 6.07) is 17.4. The molecule has 0 amide bonds. The number of pyridine rings is 1. The molecule has 80 valence electrons. The Labute approximate surface area is 102 Å². The normalized spacial score (nSPS) is 13.9. The minimum absolute atomic E-state index is 0.288. The highest BCUT2D eigenvalue weighted by molar-refractivity contribution is 6.74. The highest BCUT2D eigenvalue weighted by Gasteiger charge is 2.20. The Hall–Kier alpha value is -1.93. The van der Waals surface area contributed by atoms with Crippen LogP contribution in [-0.2, 0) is 0 Å². The van der Waals surface area contributed by atoms with Gasteiger partial charge in [0.05, 0.1) is 15.0 Å². The van der Waals surface area contributed by atoms with Crippen molar-refractivity contribution >= 4 is 30.8 Å². The Morgan fingerprint density at radius 1 is 0.824 bits per heavy atom. The van der Waals surface area contributed by atoms with E-state index < -0.39 is 0 Å². The molecule has 0 fully saturated rings. The van der Waals surface area contributed by atoms with E-state index >= 15 is 0 Å². The smallest absolute Gasteiger partial charge is 0.0892 e. The van der Waals surface area contributed by atoms with Crippen LogP contribution in [-0.4, -0.2) is 14.5 Å². The molecule has 17 heavy (non-hydrogen) atoms. The van der Waals surface area contributed by atoms with Gasteiger partial charge in [-0.1, -0.05) is 52.8 Å². The van der Waals surface area contributed by atoms with Gasteiger partial charge in [0.2, 0.25) is 0 Å². The Morgan fingerprint density at radius 2 is 1.76 bits per heavy atom. The van der Waals surface area contributed by atoms with Gasteiger partial charge in [0, 0.05) is 17.1 Å². The molecule has 2 heteroatoms. The third-order valence-electron chi connectivity index (χ3n) is 3.53. The van der Waals surface area contributed by atoms with E-state index in [2.05, 4.69) is 47.4 Å². The molecule has 4 rings (SSSR count). The van der Waals surface area contributed by atoms with E-state index in [0.29, 0.717) is 0 Å². The molecule has 1 aliphatic heterocycles. The summed E-state index contributed by atoms with van der Waals surface area (Å²) < 4.78 is 0. The first-order valence-corrected chi connectivity index (χ1v) is 7.30. The number of rotatable bonds is 0. The van der Waals surface area contributed by atoms with Gasteiger partial charge in [0.25, 0.3) is 0 Å². The highest BCUT2D eigenvalue weighted by Crippen LogP contribution is 2.26. The Bertz CT molecular complexity index is 734. The predicted molar refractivity (Wildman–Crippen MR) is 75.0 cm³/mol. The van der Waals surface area contributed by atoms with Gasteiger partial charge in [-0.25, -0.2) is 0 Å². The summed E-state index contributed by atoms with van der Waals surface area (Å²) >= 11 is 0. The summed E-state index contributed by atoms with van der Waals surface area (Å²) in [7, 11) is -0.288. The number of nitrogens with zero attached hydrogens (tertiary/aromatic N) is 1. The van der Waals surface area contributed by atoms with E-state index in [-0.39, 0.29) is 9.52 Å². The molecule has 0 N–H and O–H groups in total.